The van der Waals surface area contributed by atoms with Crippen LogP contribution in [0.3, 0.4) is 0 Å². The van der Waals surface area contributed by atoms with Crippen molar-refractivity contribution in [1.82, 2.24) is 10.3 Å². The molecule has 0 aliphatic rings. The summed E-state index contributed by atoms with van der Waals surface area (Å²) in [5.41, 5.74) is 1.47. The maximum absolute atomic E-state index is 13.6. The van der Waals surface area contributed by atoms with Gasteiger partial charge in [-0.25, -0.2) is 4.39 Å². The van der Waals surface area contributed by atoms with Crippen molar-refractivity contribution in [3.63, 3.8) is 0 Å². The first kappa shape index (κ1) is 22.3. The molecule has 0 spiro atoms. The molecule has 3 N–H and O–H groups in total. The number of halogens is 1. The average Bonchev–Trinajstić information content (AvgIpc) is 3.17. The lowest BCUT2D eigenvalue weighted by Gasteiger charge is -2.05. The van der Waals surface area contributed by atoms with Crippen molar-refractivity contribution in [2.75, 3.05) is 0 Å². The van der Waals surface area contributed by atoms with E-state index in [1.807, 2.05) is 30.3 Å². The van der Waals surface area contributed by atoms with Crippen LogP contribution in [-0.4, -0.2) is 21.9 Å². The number of rotatable bonds is 6. The first-order valence-electron chi connectivity index (χ1n) is 10.3. The molecule has 4 rings (SSSR count). The predicted molar refractivity (Wildman–Crippen MR) is 127 cm³/mol. The number of aromatic hydroxyl groups is 1. The molecule has 0 saturated carbocycles. The van der Waals surface area contributed by atoms with Gasteiger partial charge in [0.25, 0.3) is 5.91 Å². The minimum absolute atomic E-state index is 0.0867. The molecule has 0 aliphatic heterocycles. The van der Waals surface area contributed by atoms with Crippen LogP contribution in [0.25, 0.3) is 17.0 Å². The molecule has 7 nitrogen and oxygen atoms in total. The van der Waals surface area contributed by atoms with Crippen molar-refractivity contribution >= 4 is 34.5 Å². The fourth-order valence-corrected chi connectivity index (χ4v) is 3.16. The lowest BCUT2D eigenvalue weighted by atomic mass is 10.2. The molecular weight excluding hydrogens is 435 g/mol. The number of H-pyrrole nitrogens is 1. The van der Waals surface area contributed by atoms with Crippen LogP contribution in [0.1, 0.15) is 15.9 Å². The van der Waals surface area contributed by atoms with Crippen molar-refractivity contribution in [3.05, 3.63) is 114 Å². The minimum atomic E-state index is -0.854. The Hall–Kier alpha value is -4.85. The van der Waals surface area contributed by atoms with Gasteiger partial charge in [0.05, 0.1) is 5.52 Å². The van der Waals surface area contributed by atoms with Crippen molar-refractivity contribution in [2.45, 2.75) is 0 Å². The summed E-state index contributed by atoms with van der Waals surface area (Å²) in [5.74, 6) is -2.25. The van der Waals surface area contributed by atoms with Gasteiger partial charge < -0.3 is 15.4 Å². The summed E-state index contributed by atoms with van der Waals surface area (Å²) in [6.07, 6.45) is 4.76. The van der Waals surface area contributed by atoms with Gasteiger partial charge in [-0.1, -0.05) is 60.7 Å². The van der Waals surface area contributed by atoms with E-state index in [0.29, 0.717) is 11.1 Å². The second kappa shape index (κ2) is 10.2. The van der Waals surface area contributed by atoms with Crippen molar-refractivity contribution in [3.8, 4) is 5.88 Å². The zero-order chi connectivity index (χ0) is 23.9. The van der Waals surface area contributed by atoms with Gasteiger partial charge in [-0.05, 0) is 42.0 Å². The summed E-state index contributed by atoms with van der Waals surface area (Å²) in [5, 5.41) is 20.4. The van der Waals surface area contributed by atoms with Crippen LogP contribution in [0.5, 0.6) is 5.88 Å². The summed E-state index contributed by atoms with van der Waals surface area (Å²) in [6.45, 7) is 0. The van der Waals surface area contributed by atoms with Gasteiger partial charge in [0, 0.05) is 10.9 Å². The molecule has 34 heavy (non-hydrogen) atoms. The molecule has 2 amide bonds. The molecule has 1 aromatic heterocycles. The molecule has 4 aromatic rings. The van der Waals surface area contributed by atoms with Crippen LogP contribution in [-0.2, 0) is 4.79 Å². The number of carbonyl (C=O) groups is 2. The number of benzene rings is 3. The van der Waals surface area contributed by atoms with E-state index >= 15 is 0 Å². The first-order valence-corrected chi connectivity index (χ1v) is 10.3. The Labute approximate surface area is 194 Å². The number of hydrogen-bond donors (Lipinski definition) is 3. The van der Waals surface area contributed by atoms with Crippen molar-refractivity contribution < 1.29 is 19.1 Å². The van der Waals surface area contributed by atoms with Gasteiger partial charge >= 0.3 is 5.91 Å². The topological polar surface area (TPSA) is 107 Å². The third-order valence-corrected chi connectivity index (χ3v) is 4.82. The SMILES string of the molecule is O=C(N=Nc1c(O)[nH]c2ccc(F)cc12)C(=CC=Cc1ccccc1)NC(=O)c1ccccc1. The number of fused-ring (bicyclic) bond motifs is 1. The van der Waals surface area contributed by atoms with E-state index in [1.165, 1.54) is 24.3 Å². The zero-order valence-corrected chi connectivity index (χ0v) is 17.8. The summed E-state index contributed by atoms with van der Waals surface area (Å²) in [4.78, 5) is 28.1. The molecule has 168 valence electrons. The van der Waals surface area contributed by atoms with Crippen LogP contribution in [0, 0.1) is 5.82 Å². The second-order valence-electron chi connectivity index (χ2n) is 7.19. The van der Waals surface area contributed by atoms with Gasteiger partial charge in [0.2, 0.25) is 5.88 Å². The highest BCUT2D eigenvalue weighted by Gasteiger charge is 2.16. The molecular formula is C26H19FN4O3. The molecule has 0 radical (unpaired) electrons. The van der Waals surface area contributed by atoms with Gasteiger partial charge in [-0.15, -0.1) is 10.2 Å². The van der Waals surface area contributed by atoms with E-state index in [9.17, 15) is 19.1 Å². The Morgan fingerprint density at radius 1 is 0.971 bits per heavy atom. The molecule has 0 aliphatic carbocycles. The number of nitrogens with zero attached hydrogens (tertiary/aromatic N) is 2. The van der Waals surface area contributed by atoms with Gasteiger partial charge in [0.1, 0.15) is 11.5 Å². The number of aromatic amines is 1. The molecule has 3 aromatic carbocycles. The molecule has 0 atom stereocenters. The number of azo groups is 1. The third kappa shape index (κ3) is 5.31. The smallest absolute Gasteiger partial charge is 0.311 e. The maximum Gasteiger partial charge on any atom is 0.311 e. The number of nitrogens with one attached hydrogen (secondary N) is 2. The zero-order valence-electron chi connectivity index (χ0n) is 17.8. The maximum atomic E-state index is 13.6. The summed E-state index contributed by atoms with van der Waals surface area (Å²) < 4.78 is 13.6. The van der Waals surface area contributed by atoms with Gasteiger partial charge in [-0.3, -0.25) is 9.59 Å². The highest BCUT2D eigenvalue weighted by atomic mass is 19.1. The quantitative estimate of drug-likeness (QED) is 0.199. The van der Waals surface area contributed by atoms with Crippen molar-refractivity contribution in [1.29, 1.82) is 0 Å². The van der Waals surface area contributed by atoms with Crippen molar-refractivity contribution in [2.24, 2.45) is 10.2 Å². The highest BCUT2D eigenvalue weighted by Crippen LogP contribution is 2.35. The number of allylic oxidation sites excluding steroid dienone is 2. The fraction of sp³-hybridized carbons (Fsp3) is 0. The van der Waals surface area contributed by atoms with Crippen LogP contribution in [0.4, 0.5) is 10.1 Å². The van der Waals surface area contributed by atoms with E-state index in [-0.39, 0.29) is 22.7 Å². The van der Waals surface area contributed by atoms with Crippen LogP contribution in [0.2, 0.25) is 0 Å². The summed E-state index contributed by atoms with van der Waals surface area (Å²) in [6, 6.07) is 21.6. The van der Waals surface area contributed by atoms with Crippen LogP contribution < -0.4 is 5.32 Å². The number of aromatic nitrogens is 1. The third-order valence-electron chi connectivity index (χ3n) is 4.82. The molecule has 0 bridgehead atoms. The van der Waals surface area contributed by atoms with E-state index in [1.54, 1.807) is 42.5 Å². The molecule has 0 saturated heterocycles. The molecule has 1 heterocycles. The Morgan fingerprint density at radius 2 is 1.68 bits per heavy atom. The number of amides is 2. The molecule has 8 heteroatoms. The standard InChI is InChI=1S/C26H19FN4O3/c27-19-14-15-21-20(16-19)23(26(34)28-21)30-31-25(33)22(13-7-10-17-8-3-1-4-9-17)29-24(32)18-11-5-2-6-12-18/h1-16,28,34H,(H,29,32). The van der Waals surface area contributed by atoms with Crippen LogP contribution in [0.15, 0.2) is 107 Å². The lowest BCUT2D eigenvalue weighted by molar-refractivity contribution is -0.115. The normalized spacial score (nSPS) is 12.0. The first-order chi connectivity index (χ1) is 16.5. The Kier molecular flexibility index (Phi) is 6.69. The average molecular weight is 454 g/mol. The fourth-order valence-electron chi connectivity index (χ4n) is 3.16. The van der Waals surface area contributed by atoms with E-state index in [0.717, 1.165) is 5.56 Å². The van der Waals surface area contributed by atoms with Crippen LogP contribution >= 0.6 is 0 Å². The number of hydrogen-bond acceptors (Lipinski definition) is 4. The largest absolute Gasteiger partial charge is 0.493 e. The molecule has 0 unspecified atom stereocenters. The minimum Gasteiger partial charge on any atom is -0.493 e. The van der Waals surface area contributed by atoms with Gasteiger partial charge in [0.15, 0.2) is 5.69 Å². The second-order valence-corrected chi connectivity index (χ2v) is 7.19. The Balaban J connectivity index is 1.62. The summed E-state index contributed by atoms with van der Waals surface area (Å²) >= 11 is 0. The Bertz CT molecular complexity index is 1420. The van der Waals surface area contributed by atoms with E-state index in [4.69, 9.17) is 0 Å². The lowest BCUT2D eigenvalue weighted by Crippen LogP contribution is -2.26. The highest BCUT2D eigenvalue weighted by molar-refractivity contribution is 6.03. The van der Waals surface area contributed by atoms with Gasteiger partial charge in [-0.2, -0.15) is 0 Å². The summed E-state index contributed by atoms with van der Waals surface area (Å²) in [7, 11) is 0. The van der Waals surface area contributed by atoms with E-state index in [2.05, 4.69) is 20.5 Å². The number of carbonyl (C=O) groups excluding carboxylic acids is 2. The monoisotopic (exact) mass is 454 g/mol. The Morgan fingerprint density at radius 3 is 2.41 bits per heavy atom. The predicted octanol–water partition coefficient (Wildman–Crippen LogP) is 5.65. The molecule has 0 fully saturated rings. The van der Waals surface area contributed by atoms with E-state index < -0.39 is 17.6 Å².